The van der Waals surface area contributed by atoms with Crippen molar-refractivity contribution >= 4 is 40.6 Å². The minimum absolute atomic E-state index is 0.0115. The fourth-order valence-electron chi connectivity index (χ4n) is 3.29. The van der Waals surface area contributed by atoms with E-state index in [1.807, 2.05) is 0 Å². The number of hydrogen-bond donors (Lipinski definition) is 2. The van der Waals surface area contributed by atoms with Crippen molar-refractivity contribution in [2.24, 2.45) is 0 Å². The van der Waals surface area contributed by atoms with Crippen molar-refractivity contribution in [2.75, 3.05) is 19.0 Å². The van der Waals surface area contributed by atoms with Gasteiger partial charge in [0, 0.05) is 29.8 Å². The van der Waals surface area contributed by atoms with E-state index in [2.05, 4.69) is 20.7 Å². The number of amides is 2. The fourth-order valence-corrected chi connectivity index (χ4v) is 3.47. The molecule has 3 aromatic rings. The number of aromatic nitrogens is 3. The number of carbonyl (C=O) groups is 2. The Morgan fingerprint density at radius 2 is 2.00 bits per heavy atom. The number of nitrogens with one attached hydrogen (secondary N) is 2. The summed E-state index contributed by atoms with van der Waals surface area (Å²) in [5.41, 5.74) is -0.798. The van der Waals surface area contributed by atoms with E-state index in [0.717, 1.165) is 12.1 Å². The summed E-state index contributed by atoms with van der Waals surface area (Å²) in [4.78, 5) is 39.7. The molecule has 0 saturated carbocycles. The fraction of sp³-hybridized carbons (Fsp3) is 0.391. The lowest BCUT2D eigenvalue weighted by Gasteiger charge is -2.19. The van der Waals surface area contributed by atoms with Crippen LogP contribution in [0.3, 0.4) is 0 Å². The van der Waals surface area contributed by atoms with Gasteiger partial charge in [0.2, 0.25) is 0 Å². The number of fused-ring (bicyclic) bond motifs is 1. The summed E-state index contributed by atoms with van der Waals surface area (Å²) in [7, 11) is 1.20. The number of anilines is 1. The summed E-state index contributed by atoms with van der Waals surface area (Å²) in [5.74, 6) is -1.51. The smallest absolute Gasteiger partial charge is 0.412 e. The van der Waals surface area contributed by atoms with Gasteiger partial charge in [0.25, 0.3) is 5.91 Å². The largest absolute Gasteiger partial charge is 0.490 e. The summed E-state index contributed by atoms with van der Waals surface area (Å²) >= 11 is 6.08. The van der Waals surface area contributed by atoms with E-state index in [1.165, 1.54) is 23.9 Å². The van der Waals surface area contributed by atoms with Crippen molar-refractivity contribution in [3.63, 3.8) is 0 Å². The number of hydrogen-bond acceptors (Lipinski definition) is 9. The highest BCUT2D eigenvalue weighted by atomic mass is 35.5. The third kappa shape index (κ3) is 7.04. The molecule has 0 radical (unpaired) electrons. The molecule has 2 aromatic heterocycles. The van der Waals surface area contributed by atoms with Crippen molar-refractivity contribution in [1.82, 2.24) is 19.9 Å². The molecule has 15 heteroatoms. The highest BCUT2D eigenvalue weighted by molar-refractivity contribution is 6.29. The molecule has 0 aliphatic carbocycles. The third-order valence-electron chi connectivity index (χ3n) is 4.85. The molecule has 0 bridgehead atoms. The Labute approximate surface area is 221 Å². The normalized spacial score (nSPS) is 12.2. The van der Waals surface area contributed by atoms with Crippen molar-refractivity contribution < 1.29 is 33.1 Å². The van der Waals surface area contributed by atoms with Crippen molar-refractivity contribution in [1.29, 1.82) is 0 Å². The van der Waals surface area contributed by atoms with Crippen LogP contribution >= 0.6 is 11.6 Å². The average Bonchev–Trinajstić information content (AvgIpc) is 3.22. The first kappa shape index (κ1) is 28.5. The Balaban J connectivity index is 1.66. The van der Waals surface area contributed by atoms with Crippen molar-refractivity contribution in [2.45, 2.75) is 45.9 Å². The summed E-state index contributed by atoms with van der Waals surface area (Å²) in [6.07, 6.45) is 0.522. The lowest BCUT2D eigenvalue weighted by Crippen LogP contribution is -2.36. The molecule has 1 atom stereocenters. The molecule has 0 spiro atoms. The first-order chi connectivity index (χ1) is 17.8. The first-order valence-electron chi connectivity index (χ1n) is 11.2. The SMILES string of the molecule is COc1cc(F)c(COCC(C)NC(=O)c2cnc3c(NC(=O)OC(C)(C)C)cc(Cl)nn23)cc1[N+](=O)[O-]. The van der Waals surface area contributed by atoms with Crippen LogP contribution in [-0.2, 0) is 16.1 Å². The van der Waals surface area contributed by atoms with E-state index in [1.54, 1.807) is 27.7 Å². The van der Waals surface area contributed by atoms with Crippen molar-refractivity contribution in [3.8, 4) is 5.75 Å². The number of benzene rings is 1. The monoisotopic (exact) mass is 552 g/mol. The maximum Gasteiger partial charge on any atom is 0.412 e. The molecule has 0 aliphatic rings. The van der Waals surface area contributed by atoms with E-state index >= 15 is 0 Å². The van der Waals surface area contributed by atoms with Gasteiger partial charge in [0.15, 0.2) is 22.2 Å². The molecular formula is C23H26ClFN6O7. The minimum atomic E-state index is -0.736. The third-order valence-corrected chi connectivity index (χ3v) is 5.04. The van der Waals surface area contributed by atoms with Gasteiger partial charge in [0.05, 0.1) is 37.1 Å². The molecule has 0 fully saturated rings. The van der Waals surface area contributed by atoms with Gasteiger partial charge < -0.3 is 19.5 Å². The second-order valence-electron chi connectivity index (χ2n) is 9.15. The molecule has 0 saturated heterocycles. The molecule has 2 heterocycles. The average molecular weight is 553 g/mol. The number of rotatable bonds is 9. The quantitative estimate of drug-likeness (QED) is 0.294. The van der Waals surface area contributed by atoms with Crippen LogP contribution in [0, 0.1) is 15.9 Å². The van der Waals surface area contributed by atoms with E-state index < -0.39 is 40.1 Å². The predicted octanol–water partition coefficient (Wildman–Crippen LogP) is 4.12. The summed E-state index contributed by atoms with van der Waals surface area (Å²) in [6.45, 7) is 6.46. The number of nitro benzene ring substituents is 1. The Morgan fingerprint density at radius 1 is 1.29 bits per heavy atom. The topological polar surface area (TPSA) is 159 Å². The zero-order valence-corrected chi connectivity index (χ0v) is 22.0. The molecule has 13 nitrogen and oxygen atoms in total. The maximum absolute atomic E-state index is 14.3. The summed E-state index contributed by atoms with van der Waals surface area (Å²) < 4.78 is 31.0. The van der Waals surface area contributed by atoms with Gasteiger partial charge in [-0.1, -0.05) is 11.6 Å². The zero-order valence-electron chi connectivity index (χ0n) is 21.2. The summed E-state index contributed by atoms with van der Waals surface area (Å²) in [6, 6.07) is 2.77. The second-order valence-corrected chi connectivity index (χ2v) is 9.54. The summed E-state index contributed by atoms with van der Waals surface area (Å²) in [5, 5.41) is 20.5. The van der Waals surface area contributed by atoms with E-state index in [9.17, 15) is 24.1 Å². The predicted molar refractivity (Wildman–Crippen MR) is 134 cm³/mol. The molecule has 3 rings (SSSR count). The lowest BCUT2D eigenvalue weighted by molar-refractivity contribution is -0.385. The van der Waals surface area contributed by atoms with Crippen LogP contribution in [0.4, 0.5) is 20.6 Å². The molecule has 1 aromatic carbocycles. The minimum Gasteiger partial charge on any atom is -0.490 e. The van der Waals surface area contributed by atoms with E-state index in [0.29, 0.717) is 0 Å². The molecule has 2 amide bonds. The maximum atomic E-state index is 14.3. The van der Waals surface area contributed by atoms with Crippen LogP contribution < -0.4 is 15.4 Å². The van der Waals surface area contributed by atoms with Crippen LogP contribution in [0.15, 0.2) is 24.4 Å². The highest BCUT2D eigenvalue weighted by Crippen LogP contribution is 2.30. The molecule has 38 heavy (non-hydrogen) atoms. The van der Waals surface area contributed by atoms with Gasteiger partial charge in [0.1, 0.15) is 11.4 Å². The number of imidazole rings is 1. The molecular weight excluding hydrogens is 527 g/mol. The Bertz CT molecular complexity index is 1370. The zero-order chi connectivity index (χ0) is 28.2. The van der Waals surface area contributed by atoms with Crippen LogP contribution in [0.2, 0.25) is 5.15 Å². The molecule has 2 N–H and O–H groups in total. The van der Waals surface area contributed by atoms with Gasteiger partial charge in [-0.15, -0.1) is 0 Å². The number of nitrogens with zero attached hydrogens (tertiary/aromatic N) is 4. The van der Waals surface area contributed by atoms with E-state index in [4.69, 9.17) is 25.8 Å². The first-order valence-corrected chi connectivity index (χ1v) is 11.6. The van der Waals surface area contributed by atoms with Gasteiger partial charge in [-0.25, -0.2) is 18.7 Å². The second kappa shape index (κ2) is 11.6. The van der Waals surface area contributed by atoms with Crippen LogP contribution in [-0.4, -0.2) is 56.9 Å². The number of ether oxygens (including phenoxy) is 3. The highest BCUT2D eigenvalue weighted by Gasteiger charge is 2.22. The van der Waals surface area contributed by atoms with Gasteiger partial charge in [-0.2, -0.15) is 5.10 Å². The van der Waals surface area contributed by atoms with Crippen LogP contribution in [0.1, 0.15) is 43.7 Å². The number of methoxy groups -OCH3 is 1. The van der Waals surface area contributed by atoms with Crippen LogP contribution in [0.25, 0.3) is 5.65 Å². The van der Waals surface area contributed by atoms with Gasteiger partial charge >= 0.3 is 11.8 Å². The number of carbonyl (C=O) groups excluding carboxylic acids is 2. The van der Waals surface area contributed by atoms with Gasteiger partial charge in [-0.05, 0) is 27.7 Å². The molecule has 204 valence electrons. The lowest BCUT2D eigenvalue weighted by atomic mass is 10.2. The van der Waals surface area contributed by atoms with Crippen LogP contribution in [0.5, 0.6) is 5.75 Å². The van der Waals surface area contributed by atoms with Gasteiger partial charge in [-0.3, -0.25) is 20.2 Å². The van der Waals surface area contributed by atoms with E-state index in [-0.39, 0.29) is 46.7 Å². The molecule has 1 unspecified atom stereocenters. The molecule has 0 aliphatic heterocycles. The number of nitro groups is 1. The number of halogens is 2. The standard InChI is InChI=1S/C23H26ClFN6O7/c1-12(10-37-11-13-6-16(31(34)35)18(36-5)7-14(13)25)27-21(32)17-9-26-20-15(8-19(24)29-30(17)20)28-22(33)38-23(2,3)4/h6-9,12H,10-11H2,1-5H3,(H,27,32)(H,28,33). The Morgan fingerprint density at radius 3 is 2.63 bits per heavy atom. The van der Waals surface area contributed by atoms with Crippen molar-refractivity contribution in [3.05, 3.63) is 56.7 Å². The Kier molecular flexibility index (Phi) is 8.68. The Hall–Kier alpha value is -4.04.